The minimum atomic E-state index is -0.229. The van der Waals surface area contributed by atoms with Crippen molar-refractivity contribution in [2.45, 2.75) is 6.42 Å². The fourth-order valence-electron chi connectivity index (χ4n) is 5.26. The molecule has 0 aliphatic heterocycles. The van der Waals surface area contributed by atoms with Gasteiger partial charge in [0.25, 0.3) is 0 Å². The lowest BCUT2D eigenvalue weighted by atomic mass is 9.91. The molecular weight excluding hydrogens is 501 g/mol. The molecule has 41 heavy (non-hydrogen) atoms. The van der Waals surface area contributed by atoms with Crippen LogP contribution < -0.4 is 5.73 Å². The highest BCUT2D eigenvalue weighted by molar-refractivity contribution is 6.05. The maximum Gasteiger partial charge on any atom is 0.123 e. The molecule has 0 aliphatic rings. The van der Waals surface area contributed by atoms with Crippen molar-refractivity contribution < 1.29 is 4.39 Å². The third-order valence-electron chi connectivity index (χ3n) is 7.43. The Bertz CT molecular complexity index is 1830. The SMILES string of the molecule is N/C(=C\C(=C/Cc1ccccc1)c1ccc(-c2ccc(-c3ccc(F)cc3)c3ccccc23)cc1)c1ccccc1. The van der Waals surface area contributed by atoms with E-state index in [0.717, 1.165) is 61.8 Å². The highest BCUT2D eigenvalue weighted by Crippen LogP contribution is 2.36. The second-order valence-electron chi connectivity index (χ2n) is 10.1. The molecule has 0 aromatic heterocycles. The third-order valence-corrected chi connectivity index (χ3v) is 7.43. The van der Waals surface area contributed by atoms with E-state index in [0.29, 0.717) is 0 Å². The number of hydrogen-bond acceptors (Lipinski definition) is 1. The molecular formula is C39H30FN. The van der Waals surface area contributed by atoms with Gasteiger partial charge in [-0.1, -0.05) is 140 Å². The monoisotopic (exact) mass is 531 g/mol. The Kier molecular flexibility index (Phi) is 7.55. The minimum absolute atomic E-state index is 0.229. The topological polar surface area (TPSA) is 26.0 Å². The molecule has 0 unspecified atom stereocenters. The molecule has 0 aliphatic carbocycles. The molecule has 198 valence electrons. The van der Waals surface area contributed by atoms with Crippen LogP contribution in [-0.2, 0) is 6.42 Å². The number of hydrogen-bond donors (Lipinski definition) is 1. The summed E-state index contributed by atoms with van der Waals surface area (Å²) in [6.07, 6.45) is 5.12. The van der Waals surface area contributed by atoms with Crippen LogP contribution in [0.5, 0.6) is 0 Å². The molecule has 2 N–H and O–H groups in total. The number of rotatable bonds is 7. The zero-order chi connectivity index (χ0) is 28.0. The molecule has 0 amide bonds. The highest BCUT2D eigenvalue weighted by atomic mass is 19.1. The minimum Gasteiger partial charge on any atom is -0.398 e. The first-order chi connectivity index (χ1) is 20.2. The number of halogens is 1. The van der Waals surface area contributed by atoms with Crippen molar-refractivity contribution in [1.82, 2.24) is 0 Å². The van der Waals surface area contributed by atoms with Gasteiger partial charge in [0, 0.05) is 5.70 Å². The molecule has 6 aromatic carbocycles. The summed E-state index contributed by atoms with van der Waals surface area (Å²) in [6, 6.07) is 48.6. The molecule has 2 heteroatoms. The quantitative estimate of drug-likeness (QED) is 0.204. The van der Waals surface area contributed by atoms with E-state index in [9.17, 15) is 4.39 Å². The Morgan fingerprint density at radius 1 is 0.537 bits per heavy atom. The fraction of sp³-hybridized carbons (Fsp3) is 0.0256. The molecule has 0 atom stereocenters. The zero-order valence-corrected chi connectivity index (χ0v) is 22.7. The predicted octanol–water partition coefficient (Wildman–Crippen LogP) is 9.94. The number of allylic oxidation sites excluding steroid dienone is 3. The van der Waals surface area contributed by atoms with Crippen LogP contribution in [0.1, 0.15) is 16.7 Å². The lowest BCUT2D eigenvalue weighted by Crippen LogP contribution is -1.97. The maximum atomic E-state index is 13.6. The average Bonchev–Trinajstić information content (AvgIpc) is 3.04. The highest BCUT2D eigenvalue weighted by Gasteiger charge is 2.10. The van der Waals surface area contributed by atoms with Gasteiger partial charge in [-0.3, -0.25) is 0 Å². The van der Waals surface area contributed by atoms with Crippen molar-refractivity contribution in [3.63, 3.8) is 0 Å². The van der Waals surface area contributed by atoms with E-state index in [-0.39, 0.29) is 5.82 Å². The van der Waals surface area contributed by atoms with Crippen LogP contribution in [0.4, 0.5) is 4.39 Å². The summed E-state index contributed by atoms with van der Waals surface area (Å²) in [5, 5.41) is 2.30. The summed E-state index contributed by atoms with van der Waals surface area (Å²) in [5.74, 6) is -0.229. The Balaban J connectivity index is 1.37. The standard InChI is InChI=1S/C39H30FN/c40-34-23-21-31(22-24-34)36-26-25-35(37-13-7-8-14-38(36)37)30-19-17-29(18-20-30)33(16-15-28-9-3-1-4-10-28)27-39(41)32-11-5-2-6-12-32/h1-14,16-27H,15,41H2/b33-16+,39-27-. The zero-order valence-electron chi connectivity index (χ0n) is 22.7. The van der Waals surface area contributed by atoms with E-state index >= 15 is 0 Å². The largest absolute Gasteiger partial charge is 0.398 e. The summed E-state index contributed by atoms with van der Waals surface area (Å²) in [4.78, 5) is 0. The van der Waals surface area contributed by atoms with Crippen LogP contribution in [0, 0.1) is 5.82 Å². The number of benzene rings is 6. The van der Waals surface area contributed by atoms with Crippen molar-refractivity contribution in [1.29, 1.82) is 0 Å². The van der Waals surface area contributed by atoms with Crippen molar-refractivity contribution >= 4 is 22.0 Å². The fourth-order valence-corrected chi connectivity index (χ4v) is 5.26. The van der Waals surface area contributed by atoms with Crippen LogP contribution in [0.25, 0.3) is 44.3 Å². The first-order valence-electron chi connectivity index (χ1n) is 13.8. The summed E-state index contributed by atoms with van der Waals surface area (Å²) in [5.41, 5.74) is 16.1. The molecule has 0 fully saturated rings. The molecule has 6 aromatic rings. The van der Waals surface area contributed by atoms with E-state index in [1.807, 2.05) is 48.5 Å². The van der Waals surface area contributed by atoms with Crippen LogP contribution in [0.3, 0.4) is 0 Å². The molecule has 0 spiro atoms. The smallest absolute Gasteiger partial charge is 0.123 e. The second kappa shape index (κ2) is 11.9. The van der Waals surface area contributed by atoms with Crippen molar-refractivity contribution in [2.75, 3.05) is 0 Å². The predicted molar refractivity (Wildman–Crippen MR) is 172 cm³/mol. The van der Waals surface area contributed by atoms with Gasteiger partial charge < -0.3 is 5.73 Å². The van der Waals surface area contributed by atoms with Gasteiger partial charge in [0.1, 0.15) is 5.82 Å². The lowest BCUT2D eigenvalue weighted by Gasteiger charge is -2.13. The van der Waals surface area contributed by atoms with Crippen LogP contribution in [0.2, 0.25) is 0 Å². The van der Waals surface area contributed by atoms with Gasteiger partial charge >= 0.3 is 0 Å². The summed E-state index contributed by atoms with van der Waals surface area (Å²) < 4.78 is 13.6. The van der Waals surface area contributed by atoms with Gasteiger partial charge in [0.05, 0.1) is 0 Å². The molecule has 1 nitrogen and oxygen atoms in total. The maximum absolute atomic E-state index is 13.6. The van der Waals surface area contributed by atoms with Crippen molar-refractivity contribution in [3.8, 4) is 22.3 Å². The number of fused-ring (bicyclic) bond motifs is 1. The third kappa shape index (κ3) is 5.88. The summed E-state index contributed by atoms with van der Waals surface area (Å²) in [7, 11) is 0. The van der Waals surface area contributed by atoms with Gasteiger partial charge in [0.15, 0.2) is 0 Å². The van der Waals surface area contributed by atoms with Crippen molar-refractivity contribution in [2.24, 2.45) is 5.73 Å². The van der Waals surface area contributed by atoms with E-state index < -0.39 is 0 Å². The Morgan fingerprint density at radius 3 is 1.63 bits per heavy atom. The van der Waals surface area contributed by atoms with Crippen LogP contribution in [-0.4, -0.2) is 0 Å². The van der Waals surface area contributed by atoms with Crippen LogP contribution in [0.15, 0.2) is 158 Å². The lowest BCUT2D eigenvalue weighted by molar-refractivity contribution is 0.628. The first-order valence-corrected chi connectivity index (χ1v) is 13.8. The van der Waals surface area contributed by atoms with E-state index in [1.165, 1.54) is 17.7 Å². The second-order valence-corrected chi connectivity index (χ2v) is 10.1. The molecule has 0 saturated heterocycles. The molecule has 0 heterocycles. The van der Waals surface area contributed by atoms with Gasteiger partial charge in [-0.2, -0.15) is 0 Å². The summed E-state index contributed by atoms with van der Waals surface area (Å²) >= 11 is 0. The van der Waals surface area contributed by atoms with Crippen LogP contribution >= 0.6 is 0 Å². The molecule has 0 radical (unpaired) electrons. The van der Waals surface area contributed by atoms with E-state index in [2.05, 4.69) is 97.1 Å². The van der Waals surface area contributed by atoms with Crippen molar-refractivity contribution in [3.05, 3.63) is 180 Å². The van der Waals surface area contributed by atoms with Gasteiger partial charge in [0.2, 0.25) is 0 Å². The van der Waals surface area contributed by atoms with Gasteiger partial charge in [-0.15, -0.1) is 0 Å². The Hall–Kier alpha value is -5.21. The van der Waals surface area contributed by atoms with E-state index in [1.54, 1.807) is 0 Å². The molecule has 0 saturated carbocycles. The van der Waals surface area contributed by atoms with Gasteiger partial charge in [-0.25, -0.2) is 4.39 Å². The average molecular weight is 532 g/mol. The van der Waals surface area contributed by atoms with Gasteiger partial charge in [-0.05, 0) is 79.9 Å². The number of nitrogens with two attached hydrogens (primary N) is 1. The molecule has 6 rings (SSSR count). The molecule has 0 bridgehead atoms. The Labute approximate surface area is 240 Å². The summed E-state index contributed by atoms with van der Waals surface area (Å²) in [6.45, 7) is 0. The normalized spacial score (nSPS) is 12.0. The van der Waals surface area contributed by atoms with E-state index in [4.69, 9.17) is 5.73 Å². The Morgan fingerprint density at radius 2 is 1.05 bits per heavy atom. The first kappa shape index (κ1) is 26.0.